The third-order valence-electron chi connectivity index (χ3n) is 5.09. The van der Waals surface area contributed by atoms with Crippen molar-refractivity contribution in [2.45, 2.75) is 18.8 Å². The summed E-state index contributed by atoms with van der Waals surface area (Å²) in [4.78, 5) is 14.9. The lowest BCUT2D eigenvalue weighted by molar-refractivity contribution is -0.138. The van der Waals surface area contributed by atoms with Crippen LogP contribution < -0.4 is 0 Å². The summed E-state index contributed by atoms with van der Waals surface area (Å²) in [6, 6.07) is 1.94. The van der Waals surface area contributed by atoms with Gasteiger partial charge in [-0.2, -0.15) is 13.2 Å². The van der Waals surface area contributed by atoms with Crippen LogP contribution in [-0.2, 0) is 29.2 Å². The number of aromatic nitrogens is 1. The van der Waals surface area contributed by atoms with Crippen LogP contribution >= 0.6 is 0 Å². The van der Waals surface area contributed by atoms with Gasteiger partial charge in [-0.3, -0.25) is 9.69 Å². The molecular formula is C18H19F3N2O4. The van der Waals surface area contributed by atoms with Gasteiger partial charge >= 0.3 is 6.18 Å². The summed E-state index contributed by atoms with van der Waals surface area (Å²) >= 11 is 0. The van der Waals surface area contributed by atoms with E-state index in [1.807, 2.05) is 0 Å². The number of aromatic hydroxyl groups is 1. The highest BCUT2D eigenvalue weighted by atomic mass is 19.4. The van der Waals surface area contributed by atoms with Crippen LogP contribution in [0, 0.1) is 0 Å². The molecule has 1 aromatic carbocycles. The smallest absolute Gasteiger partial charge is 0.420 e. The van der Waals surface area contributed by atoms with Gasteiger partial charge in [0, 0.05) is 43.3 Å². The fraction of sp³-hybridized carbons (Fsp3) is 0.500. The molecule has 0 spiro atoms. The number of carbonyl (C=O) groups is 1. The lowest BCUT2D eigenvalue weighted by Gasteiger charge is -2.27. The summed E-state index contributed by atoms with van der Waals surface area (Å²) in [6.45, 7) is 3.20. The molecule has 27 heavy (non-hydrogen) atoms. The van der Waals surface area contributed by atoms with E-state index < -0.39 is 23.6 Å². The minimum Gasteiger partial charge on any atom is -0.507 e. The maximum atomic E-state index is 13.2. The molecule has 6 nitrogen and oxygen atoms in total. The largest absolute Gasteiger partial charge is 0.507 e. The van der Waals surface area contributed by atoms with Crippen LogP contribution in [0.5, 0.6) is 5.75 Å². The van der Waals surface area contributed by atoms with Crippen LogP contribution in [0.25, 0.3) is 10.9 Å². The predicted molar refractivity (Wildman–Crippen MR) is 89.8 cm³/mol. The Morgan fingerprint density at radius 3 is 2.56 bits per heavy atom. The second-order valence-corrected chi connectivity index (χ2v) is 6.84. The van der Waals surface area contributed by atoms with Gasteiger partial charge in [-0.15, -0.1) is 0 Å². The Balaban J connectivity index is 1.87. The van der Waals surface area contributed by atoms with Crippen molar-refractivity contribution in [1.82, 2.24) is 9.47 Å². The van der Waals surface area contributed by atoms with Crippen molar-refractivity contribution in [1.29, 1.82) is 0 Å². The molecule has 0 amide bonds. The van der Waals surface area contributed by atoms with Gasteiger partial charge in [-0.25, -0.2) is 0 Å². The summed E-state index contributed by atoms with van der Waals surface area (Å²) in [5, 5.41) is 10.2. The molecule has 2 aromatic rings. The Bertz CT molecular complexity index is 896. The number of ketones is 1. The van der Waals surface area contributed by atoms with Crippen LogP contribution in [0.15, 0.2) is 12.1 Å². The molecule has 3 heterocycles. The molecule has 146 valence electrons. The van der Waals surface area contributed by atoms with Crippen LogP contribution in [-0.4, -0.2) is 59.4 Å². The molecule has 2 fully saturated rings. The number of phenols is 1. The number of phenolic OH excluding ortho intramolecular Hbond substituents is 1. The Hall–Kier alpha value is -2.10. The maximum Gasteiger partial charge on any atom is 0.420 e. The van der Waals surface area contributed by atoms with Crippen molar-refractivity contribution in [3.63, 3.8) is 0 Å². The quantitative estimate of drug-likeness (QED) is 0.647. The third-order valence-corrected chi connectivity index (χ3v) is 5.09. The third kappa shape index (κ3) is 3.30. The molecule has 1 unspecified atom stereocenters. The van der Waals surface area contributed by atoms with E-state index in [1.54, 1.807) is 11.6 Å². The van der Waals surface area contributed by atoms with Crippen molar-refractivity contribution >= 4 is 16.7 Å². The Morgan fingerprint density at radius 1 is 1.30 bits per heavy atom. The first-order chi connectivity index (χ1) is 12.8. The first-order valence-electron chi connectivity index (χ1n) is 8.64. The summed E-state index contributed by atoms with van der Waals surface area (Å²) < 4.78 is 51.7. The molecule has 1 aromatic heterocycles. The molecular weight excluding hydrogens is 365 g/mol. The Labute approximate surface area is 153 Å². The lowest BCUT2D eigenvalue weighted by Crippen LogP contribution is -2.36. The number of morpholine rings is 1. The van der Waals surface area contributed by atoms with Gasteiger partial charge in [0.25, 0.3) is 0 Å². The molecule has 0 aliphatic carbocycles. The number of hydrogen-bond donors (Lipinski definition) is 1. The second-order valence-electron chi connectivity index (χ2n) is 6.84. The van der Waals surface area contributed by atoms with Crippen molar-refractivity contribution in [2.24, 2.45) is 7.05 Å². The molecule has 1 N–H and O–H groups in total. The molecule has 2 saturated heterocycles. The number of epoxide rings is 1. The molecule has 0 bridgehead atoms. The van der Waals surface area contributed by atoms with Crippen LogP contribution in [0.3, 0.4) is 0 Å². The monoisotopic (exact) mass is 384 g/mol. The van der Waals surface area contributed by atoms with Gasteiger partial charge in [-0.1, -0.05) is 0 Å². The molecule has 2 aliphatic heterocycles. The van der Waals surface area contributed by atoms with Gasteiger partial charge in [0.05, 0.1) is 30.9 Å². The number of ether oxygens (including phenoxy) is 2. The van der Waals surface area contributed by atoms with E-state index in [0.717, 1.165) is 12.1 Å². The topological polar surface area (TPSA) is 67.2 Å². The van der Waals surface area contributed by atoms with Gasteiger partial charge in [0.1, 0.15) is 11.9 Å². The maximum absolute atomic E-state index is 13.2. The van der Waals surface area contributed by atoms with E-state index in [4.69, 9.17) is 9.47 Å². The van der Waals surface area contributed by atoms with Gasteiger partial charge in [0.2, 0.25) is 0 Å². The average molecular weight is 384 g/mol. The van der Waals surface area contributed by atoms with Gasteiger partial charge in [0.15, 0.2) is 5.78 Å². The van der Waals surface area contributed by atoms with E-state index in [0.29, 0.717) is 56.1 Å². The highest BCUT2D eigenvalue weighted by Gasteiger charge is 2.38. The van der Waals surface area contributed by atoms with Crippen LogP contribution in [0.1, 0.15) is 21.6 Å². The minimum atomic E-state index is -4.68. The fourth-order valence-electron chi connectivity index (χ4n) is 3.54. The number of carbonyl (C=O) groups excluding carboxylic acids is 1. The van der Waals surface area contributed by atoms with E-state index in [9.17, 15) is 23.1 Å². The number of fused-ring (bicyclic) bond motifs is 1. The fourth-order valence-corrected chi connectivity index (χ4v) is 3.54. The van der Waals surface area contributed by atoms with E-state index >= 15 is 0 Å². The van der Waals surface area contributed by atoms with Crippen molar-refractivity contribution in [3.8, 4) is 5.75 Å². The first-order valence-corrected chi connectivity index (χ1v) is 8.64. The summed E-state index contributed by atoms with van der Waals surface area (Å²) in [6.07, 6.45) is -5.25. The lowest BCUT2D eigenvalue weighted by atomic mass is 10.0. The number of Topliss-reactive ketones (excluding diaryl/α,β-unsaturated/α-hetero) is 1. The number of alkyl halides is 3. The van der Waals surface area contributed by atoms with E-state index in [1.165, 1.54) is 0 Å². The highest BCUT2D eigenvalue weighted by Crippen LogP contribution is 2.41. The molecule has 0 radical (unpaired) electrons. The Kier molecular flexibility index (Phi) is 4.40. The molecule has 0 saturated carbocycles. The molecule has 2 aliphatic rings. The van der Waals surface area contributed by atoms with Gasteiger partial charge in [-0.05, 0) is 12.1 Å². The standard InChI is InChI=1S/C18H19F3N2O4/c1-22-12-7-11(18(19,20)21)14(24)6-10(12)16(17(25)15-9-27-15)13(22)8-23-2-4-26-5-3-23/h6-7,15,24H,2-5,8-9H2,1H3. The normalized spacial score (nSPS) is 21.0. The minimum absolute atomic E-state index is 0.257. The number of nitrogens with zero attached hydrogens (tertiary/aromatic N) is 2. The number of benzene rings is 1. The zero-order valence-electron chi connectivity index (χ0n) is 14.7. The first kappa shape index (κ1) is 18.3. The summed E-state index contributed by atoms with van der Waals surface area (Å²) in [5.74, 6) is -1.15. The summed E-state index contributed by atoms with van der Waals surface area (Å²) in [5.41, 5.74) is 0.0826. The zero-order chi connectivity index (χ0) is 19.3. The molecule has 1 atom stereocenters. The van der Waals surface area contributed by atoms with E-state index in [2.05, 4.69) is 4.90 Å². The zero-order valence-corrected chi connectivity index (χ0v) is 14.7. The number of hydrogen-bond acceptors (Lipinski definition) is 5. The second kappa shape index (κ2) is 6.50. The van der Waals surface area contributed by atoms with Crippen molar-refractivity contribution in [3.05, 3.63) is 29.0 Å². The average Bonchev–Trinajstić information content (AvgIpc) is 3.42. The number of halogens is 3. The van der Waals surface area contributed by atoms with Gasteiger partial charge < -0.3 is 19.1 Å². The summed E-state index contributed by atoms with van der Waals surface area (Å²) in [7, 11) is 1.64. The van der Waals surface area contributed by atoms with E-state index in [-0.39, 0.29) is 11.3 Å². The van der Waals surface area contributed by atoms with Crippen molar-refractivity contribution in [2.75, 3.05) is 32.9 Å². The van der Waals surface area contributed by atoms with Crippen molar-refractivity contribution < 1.29 is 32.5 Å². The highest BCUT2D eigenvalue weighted by molar-refractivity contribution is 6.12. The SMILES string of the molecule is Cn1c(CN2CCOCC2)c(C(=O)C2CO2)c2cc(O)c(C(F)(F)F)cc21. The number of rotatable bonds is 4. The molecule has 4 rings (SSSR count). The Morgan fingerprint density at radius 2 is 1.96 bits per heavy atom. The van der Waals surface area contributed by atoms with Crippen LogP contribution in [0.4, 0.5) is 13.2 Å². The molecule has 9 heteroatoms. The predicted octanol–water partition coefficient (Wildman–Crippen LogP) is 2.32. The number of aryl methyl sites for hydroxylation is 1. The van der Waals surface area contributed by atoms with Crippen LogP contribution in [0.2, 0.25) is 0 Å².